The maximum absolute atomic E-state index is 6.13. The molecule has 0 amide bonds. The van der Waals surface area contributed by atoms with Crippen LogP contribution in [0.15, 0.2) is 18.2 Å². The van der Waals surface area contributed by atoms with Crippen LogP contribution in [0.1, 0.15) is 44.1 Å². The highest BCUT2D eigenvalue weighted by Crippen LogP contribution is 2.32. The van der Waals surface area contributed by atoms with Gasteiger partial charge in [0.15, 0.2) is 0 Å². The third-order valence-corrected chi connectivity index (χ3v) is 5.77. The minimum atomic E-state index is 0.264. The van der Waals surface area contributed by atoms with Gasteiger partial charge in [-0.25, -0.2) is 0 Å². The normalized spacial score (nSPS) is 30.3. The lowest BCUT2D eigenvalue weighted by molar-refractivity contribution is 0.0681. The van der Waals surface area contributed by atoms with E-state index < -0.39 is 0 Å². The molecule has 3 aliphatic rings. The number of piperidine rings is 1. The number of ether oxygens (including phenoxy) is 2. The zero-order valence-corrected chi connectivity index (χ0v) is 14.8. The van der Waals surface area contributed by atoms with Crippen LogP contribution < -0.4 is 10.1 Å². The zero-order valence-electron chi connectivity index (χ0n) is 14.8. The number of nitrogens with zero attached hydrogens (tertiary/aromatic N) is 1. The second kappa shape index (κ2) is 7.32. The van der Waals surface area contributed by atoms with E-state index in [2.05, 4.69) is 35.3 Å². The fourth-order valence-electron chi connectivity index (χ4n) is 4.40. The molecule has 4 nitrogen and oxygen atoms in total. The van der Waals surface area contributed by atoms with Crippen LogP contribution >= 0.6 is 0 Å². The molecular formula is C20H30N2O2. The molecule has 3 saturated heterocycles. The second-order valence-electron chi connectivity index (χ2n) is 7.64. The molecule has 1 N–H and O–H groups in total. The quantitative estimate of drug-likeness (QED) is 0.894. The summed E-state index contributed by atoms with van der Waals surface area (Å²) in [6.45, 7) is 6.21. The number of fused-ring (bicyclic) bond motifs is 1. The molecule has 3 aliphatic heterocycles. The fraction of sp³-hybridized carbons (Fsp3) is 0.700. The first-order valence-corrected chi connectivity index (χ1v) is 9.63. The number of rotatable bonds is 5. The van der Waals surface area contributed by atoms with Crippen LogP contribution in [0.2, 0.25) is 0 Å². The number of anilines is 1. The average Bonchev–Trinajstić information content (AvgIpc) is 3.25. The maximum atomic E-state index is 6.13. The Morgan fingerprint density at radius 1 is 1.21 bits per heavy atom. The number of nitrogens with one attached hydrogen (secondary N) is 1. The lowest BCUT2D eigenvalue weighted by Crippen LogP contribution is -2.42. The molecule has 132 valence electrons. The Morgan fingerprint density at radius 3 is 3.04 bits per heavy atom. The van der Waals surface area contributed by atoms with Gasteiger partial charge in [0.2, 0.25) is 0 Å². The van der Waals surface area contributed by atoms with Crippen molar-refractivity contribution in [3.63, 3.8) is 0 Å². The Bertz CT molecular complexity index is 557. The standard InChI is InChI=1S/C20H30N2O2/c1-15-6-7-19(20(12-15)24-14-18-5-3-11-23-18)21-16-8-10-22-9-2-4-17(22)13-16/h6-7,12,16-18,21H,2-5,8-11,13-14H2,1H3/t16-,17+,18-/m1/s1. The second-order valence-corrected chi connectivity index (χ2v) is 7.64. The molecule has 0 aliphatic carbocycles. The van der Waals surface area contributed by atoms with E-state index >= 15 is 0 Å². The van der Waals surface area contributed by atoms with Gasteiger partial charge in [-0.2, -0.15) is 0 Å². The van der Waals surface area contributed by atoms with Gasteiger partial charge < -0.3 is 19.7 Å². The minimum absolute atomic E-state index is 0.264. The number of hydrogen-bond donors (Lipinski definition) is 1. The van der Waals surface area contributed by atoms with E-state index in [4.69, 9.17) is 9.47 Å². The van der Waals surface area contributed by atoms with E-state index in [-0.39, 0.29) is 6.10 Å². The van der Waals surface area contributed by atoms with E-state index in [0.717, 1.165) is 36.9 Å². The predicted octanol–water partition coefficient (Wildman–Crippen LogP) is 3.59. The SMILES string of the molecule is Cc1ccc(N[C@@H]2CCN3CCC[C@H]3C2)c(OC[C@H]2CCCO2)c1. The van der Waals surface area contributed by atoms with E-state index in [0.29, 0.717) is 12.6 Å². The first-order valence-electron chi connectivity index (χ1n) is 9.63. The molecule has 24 heavy (non-hydrogen) atoms. The third kappa shape index (κ3) is 3.70. The molecule has 0 unspecified atom stereocenters. The first kappa shape index (κ1) is 16.2. The summed E-state index contributed by atoms with van der Waals surface area (Å²) in [6, 6.07) is 7.87. The number of benzene rings is 1. The molecule has 1 aromatic carbocycles. The van der Waals surface area contributed by atoms with E-state index in [1.54, 1.807) is 0 Å². The van der Waals surface area contributed by atoms with E-state index in [1.165, 1.54) is 44.3 Å². The molecule has 3 fully saturated rings. The van der Waals surface area contributed by atoms with Crippen molar-refractivity contribution in [2.75, 3.05) is 31.6 Å². The molecule has 0 saturated carbocycles. The first-order chi connectivity index (χ1) is 11.8. The Labute approximate surface area is 145 Å². The number of aryl methyl sites for hydroxylation is 1. The molecule has 3 heterocycles. The van der Waals surface area contributed by atoms with Gasteiger partial charge in [-0.05, 0) is 69.7 Å². The summed E-state index contributed by atoms with van der Waals surface area (Å²) in [6.07, 6.45) is 7.78. The van der Waals surface area contributed by atoms with Gasteiger partial charge in [-0.1, -0.05) is 6.07 Å². The summed E-state index contributed by atoms with van der Waals surface area (Å²) < 4.78 is 11.8. The highest BCUT2D eigenvalue weighted by molar-refractivity contribution is 5.58. The summed E-state index contributed by atoms with van der Waals surface area (Å²) >= 11 is 0. The summed E-state index contributed by atoms with van der Waals surface area (Å²) in [5, 5.41) is 3.77. The van der Waals surface area contributed by atoms with Crippen LogP contribution in [0.3, 0.4) is 0 Å². The maximum Gasteiger partial charge on any atom is 0.142 e. The lowest BCUT2D eigenvalue weighted by atomic mass is 9.97. The average molecular weight is 330 g/mol. The molecular weight excluding hydrogens is 300 g/mol. The highest BCUT2D eigenvalue weighted by Gasteiger charge is 2.31. The fourth-order valence-corrected chi connectivity index (χ4v) is 4.40. The van der Waals surface area contributed by atoms with Crippen molar-refractivity contribution in [1.82, 2.24) is 4.90 Å². The topological polar surface area (TPSA) is 33.7 Å². The monoisotopic (exact) mass is 330 g/mol. The smallest absolute Gasteiger partial charge is 0.142 e. The van der Waals surface area contributed by atoms with Gasteiger partial charge in [0.1, 0.15) is 12.4 Å². The minimum Gasteiger partial charge on any atom is -0.489 e. The highest BCUT2D eigenvalue weighted by atomic mass is 16.5. The molecule has 0 aromatic heterocycles. The molecule has 0 spiro atoms. The predicted molar refractivity (Wildman–Crippen MR) is 96.9 cm³/mol. The van der Waals surface area contributed by atoms with Crippen LogP contribution in [0.25, 0.3) is 0 Å². The Kier molecular flexibility index (Phi) is 4.95. The molecule has 4 heteroatoms. The van der Waals surface area contributed by atoms with Crippen molar-refractivity contribution in [3.05, 3.63) is 23.8 Å². The van der Waals surface area contributed by atoms with Crippen molar-refractivity contribution in [2.24, 2.45) is 0 Å². The summed E-state index contributed by atoms with van der Waals surface area (Å²) in [5.41, 5.74) is 2.39. The molecule has 0 radical (unpaired) electrons. The molecule has 1 aromatic rings. The summed E-state index contributed by atoms with van der Waals surface area (Å²) in [7, 11) is 0. The Morgan fingerprint density at radius 2 is 2.17 bits per heavy atom. The Balaban J connectivity index is 1.40. The lowest BCUT2D eigenvalue weighted by Gasteiger charge is -2.35. The third-order valence-electron chi connectivity index (χ3n) is 5.77. The van der Waals surface area contributed by atoms with Crippen LogP contribution in [0, 0.1) is 6.92 Å². The van der Waals surface area contributed by atoms with Crippen molar-refractivity contribution in [3.8, 4) is 5.75 Å². The van der Waals surface area contributed by atoms with Gasteiger partial charge in [0, 0.05) is 25.2 Å². The van der Waals surface area contributed by atoms with Gasteiger partial charge in [-0.15, -0.1) is 0 Å². The number of hydrogen-bond acceptors (Lipinski definition) is 4. The van der Waals surface area contributed by atoms with Crippen LogP contribution in [-0.4, -0.2) is 49.4 Å². The van der Waals surface area contributed by atoms with Gasteiger partial charge in [0.05, 0.1) is 11.8 Å². The van der Waals surface area contributed by atoms with Crippen LogP contribution in [0.5, 0.6) is 5.75 Å². The van der Waals surface area contributed by atoms with Gasteiger partial charge in [-0.3, -0.25) is 0 Å². The van der Waals surface area contributed by atoms with Crippen molar-refractivity contribution >= 4 is 5.69 Å². The summed E-state index contributed by atoms with van der Waals surface area (Å²) in [4.78, 5) is 2.67. The summed E-state index contributed by atoms with van der Waals surface area (Å²) in [5.74, 6) is 0.986. The van der Waals surface area contributed by atoms with Gasteiger partial charge in [0.25, 0.3) is 0 Å². The van der Waals surface area contributed by atoms with E-state index in [1.807, 2.05) is 0 Å². The Hall–Kier alpha value is -1.26. The molecule has 4 rings (SSSR count). The zero-order chi connectivity index (χ0) is 16.4. The van der Waals surface area contributed by atoms with Gasteiger partial charge >= 0.3 is 0 Å². The molecule has 0 bridgehead atoms. The van der Waals surface area contributed by atoms with E-state index in [9.17, 15) is 0 Å². The van der Waals surface area contributed by atoms with Crippen molar-refractivity contribution < 1.29 is 9.47 Å². The van der Waals surface area contributed by atoms with Crippen LogP contribution in [0.4, 0.5) is 5.69 Å². The molecule has 3 atom stereocenters. The largest absolute Gasteiger partial charge is 0.489 e. The van der Waals surface area contributed by atoms with Crippen molar-refractivity contribution in [2.45, 2.75) is 63.6 Å². The van der Waals surface area contributed by atoms with Crippen molar-refractivity contribution in [1.29, 1.82) is 0 Å². The van der Waals surface area contributed by atoms with Crippen LogP contribution in [-0.2, 0) is 4.74 Å².